The summed E-state index contributed by atoms with van der Waals surface area (Å²) >= 11 is 6.07. The van der Waals surface area contributed by atoms with Crippen molar-refractivity contribution in [1.82, 2.24) is 4.98 Å². The van der Waals surface area contributed by atoms with Crippen LogP contribution in [0.5, 0.6) is 0 Å². The highest BCUT2D eigenvalue weighted by Crippen LogP contribution is 2.44. The molecule has 1 aliphatic rings. The van der Waals surface area contributed by atoms with Crippen molar-refractivity contribution in [1.29, 1.82) is 5.26 Å². The van der Waals surface area contributed by atoms with E-state index in [2.05, 4.69) is 4.98 Å². The highest BCUT2D eigenvalue weighted by molar-refractivity contribution is 6.31. The number of aromatic nitrogens is 1. The van der Waals surface area contributed by atoms with Gasteiger partial charge < -0.3 is 9.72 Å². The number of ether oxygens (including phenoxy) is 1. The Balaban J connectivity index is 0.00000124. The number of carbonyl (C=O) groups is 1. The molecule has 0 bridgehead atoms. The molecule has 4 nitrogen and oxygen atoms in total. The lowest BCUT2D eigenvalue weighted by atomic mass is 9.85. The van der Waals surface area contributed by atoms with Gasteiger partial charge in [-0.15, -0.1) is 0 Å². The first-order valence-electron chi connectivity index (χ1n) is 10.00. The van der Waals surface area contributed by atoms with E-state index in [1.807, 2.05) is 71.0 Å². The number of aromatic amines is 1. The fourth-order valence-corrected chi connectivity index (χ4v) is 3.99. The summed E-state index contributed by atoms with van der Waals surface area (Å²) in [5, 5.41) is 11.2. The van der Waals surface area contributed by atoms with Gasteiger partial charge in [0.15, 0.2) is 11.4 Å². The lowest BCUT2D eigenvalue weighted by Crippen LogP contribution is -2.32. The molecule has 0 saturated heterocycles. The number of Topliss-reactive ketones (excluding diaryl/α,β-unsaturated/α-hetero) is 1. The van der Waals surface area contributed by atoms with Gasteiger partial charge >= 0.3 is 0 Å². The van der Waals surface area contributed by atoms with Crippen molar-refractivity contribution in [2.75, 3.05) is 0 Å². The summed E-state index contributed by atoms with van der Waals surface area (Å²) < 4.78 is 6.22. The minimum atomic E-state index is -1.24. The molecule has 1 unspecified atom stereocenters. The Morgan fingerprint density at radius 2 is 1.70 bits per heavy atom. The number of nitriles is 1. The molecule has 3 aromatic rings. The van der Waals surface area contributed by atoms with Crippen LogP contribution in [0, 0.1) is 32.1 Å². The summed E-state index contributed by atoms with van der Waals surface area (Å²) in [5.41, 5.74) is 4.20. The maximum absolute atomic E-state index is 13.2. The Labute approximate surface area is 182 Å². The molecule has 0 fully saturated rings. The zero-order valence-electron chi connectivity index (χ0n) is 18.1. The predicted octanol–water partition coefficient (Wildman–Crippen LogP) is 6.52. The summed E-state index contributed by atoms with van der Waals surface area (Å²) in [7, 11) is 0. The molecular formula is C25H25ClN2O2. The second-order valence-electron chi connectivity index (χ2n) is 7.45. The van der Waals surface area contributed by atoms with Crippen molar-refractivity contribution in [3.05, 3.63) is 74.9 Å². The Morgan fingerprint density at radius 3 is 2.37 bits per heavy atom. The predicted molar refractivity (Wildman–Crippen MR) is 121 cm³/mol. The minimum absolute atomic E-state index is 0.0257. The number of nitrogens with one attached hydrogen (secondary N) is 1. The van der Waals surface area contributed by atoms with E-state index in [4.69, 9.17) is 16.3 Å². The highest BCUT2D eigenvalue weighted by atomic mass is 35.5. The van der Waals surface area contributed by atoms with Crippen LogP contribution in [0.25, 0.3) is 16.7 Å². The number of halogens is 1. The molecule has 1 N–H and O–H groups in total. The largest absolute Gasteiger partial charge is 0.471 e. The Kier molecular flexibility index (Phi) is 5.78. The van der Waals surface area contributed by atoms with E-state index in [1.54, 1.807) is 13.0 Å². The van der Waals surface area contributed by atoms with Gasteiger partial charge in [0.05, 0.1) is 5.69 Å². The van der Waals surface area contributed by atoms with E-state index in [-0.39, 0.29) is 17.1 Å². The van der Waals surface area contributed by atoms with Gasteiger partial charge in [0, 0.05) is 21.5 Å². The molecule has 30 heavy (non-hydrogen) atoms. The molecule has 0 spiro atoms. The standard InChI is InChI=1S/C23H19ClN2O2.C2H6/c1-12-7-14(3)18(8-13(12)2)23(4)22(27)17(11-25)21(28-23)20-10-15-9-16(24)5-6-19(15)26-20;1-2/h5-10,26H,1-4H3;1-2H3. The normalized spacial score (nSPS) is 18.1. The van der Waals surface area contributed by atoms with E-state index < -0.39 is 5.60 Å². The van der Waals surface area contributed by atoms with Gasteiger partial charge in [-0.1, -0.05) is 37.6 Å². The van der Waals surface area contributed by atoms with Crippen molar-refractivity contribution in [3.63, 3.8) is 0 Å². The SMILES string of the molecule is CC.Cc1cc(C)c(C2(C)OC(c3cc4cc(Cl)ccc4[nH]3)=C(C#N)C2=O)cc1C. The summed E-state index contributed by atoms with van der Waals surface area (Å²) in [6.07, 6.45) is 0. The molecule has 2 aromatic carbocycles. The van der Waals surface area contributed by atoms with Crippen LogP contribution in [0.2, 0.25) is 5.02 Å². The van der Waals surface area contributed by atoms with Crippen LogP contribution in [0.1, 0.15) is 48.7 Å². The van der Waals surface area contributed by atoms with E-state index in [0.29, 0.717) is 10.7 Å². The first kappa shape index (κ1) is 21.7. The van der Waals surface area contributed by atoms with E-state index in [9.17, 15) is 10.1 Å². The van der Waals surface area contributed by atoms with Gasteiger partial charge in [0.2, 0.25) is 5.78 Å². The zero-order chi connectivity index (χ0) is 22.2. The van der Waals surface area contributed by atoms with E-state index >= 15 is 0 Å². The molecule has 4 rings (SSSR count). The molecule has 5 heteroatoms. The number of hydrogen-bond donors (Lipinski definition) is 1. The first-order chi connectivity index (χ1) is 14.2. The number of H-pyrrole nitrogens is 1. The average molecular weight is 421 g/mol. The molecule has 1 aliphatic heterocycles. The van der Waals surface area contributed by atoms with Gasteiger partial charge in [-0.05, 0) is 68.7 Å². The molecule has 2 heterocycles. The number of rotatable bonds is 2. The summed E-state index contributed by atoms with van der Waals surface area (Å²) in [4.78, 5) is 16.4. The summed E-state index contributed by atoms with van der Waals surface area (Å²) in [6, 6.07) is 13.4. The first-order valence-corrected chi connectivity index (χ1v) is 10.4. The van der Waals surface area contributed by atoms with Crippen LogP contribution in [0.15, 0.2) is 42.0 Å². The van der Waals surface area contributed by atoms with Crippen LogP contribution < -0.4 is 0 Å². The smallest absolute Gasteiger partial charge is 0.225 e. The topological polar surface area (TPSA) is 65.9 Å². The zero-order valence-corrected chi connectivity index (χ0v) is 18.9. The molecule has 1 atom stereocenters. The quantitative estimate of drug-likeness (QED) is 0.513. The fourth-order valence-electron chi connectivity index (χ4n) is 3.81. The number of hydrogen-bond acceptors (Lipinski definition) is 3. The van der Waals surface area contributed by atoms with Crippen molar-refractivity contribution >= 4 is 34.0 Å². The summed E-state index contributed by atoms with van der Waals surface area (Å²) in [6.45, 7) is 11.7. The van der Waals surface area contributed by atoms with Crippen LogP contribution in [0.3, 0.4) is 0 Å². The van der Waals surface area contributed by atoms with Crippen LogP contribution in [-0.4, -0.2) is 10.8 Å². The van der Waals surface area contributed by atoms with E-state index in [1.165, 1.54) is 0 Å². The third-order valence-electron chi connectivity index (χ3n) is 5.49. The Morgan fingerprint density at radius 1 is 1.03 bits per heavy atom. The van der Waals surface area contributed by atoms with Gasteiger partial charge in [-0.25, -0.2) is 0 Å². The van der Waals surface area contributed by atoms with E-state index in [0.717, 1.165) is 33.2 Å². The van der Waals surface area contributed by atoms with Crippen LogP contribution >= 0.6 is 11.6 Å². The second kappa shape index (κ2) is 8.01. The fraction of sp³-hybridized carbons (Fsp3) is 0.280. The minimum Gasteiger partial charge on any atom is -0.471 e. The van der Waals surface area contributed by atoms with Crippen molar-refractivity contribution in [2.24, 2.45) is 0 Å². The number of ketones is 1. The number of aryl methyl sites for hydroxylation is 3. The number of benzene rings is 2. The highest BCUT2D eigenvalue weighted by Gasteiger charge is 2.48. The molecule has 0 radical (unpaired) electrons. The molecule has 0 amide bonds. The monoisotopic (exact) mass is 420 g/mol. The second-order valence-corrected chi connectivity index (χ2v) is 7.88. The van der Waals surface area contributed by atoms with Crippen molar-refractivity contribution in [2.45, 2.75) is 47.1 Å². The van der Waals surface area contributed by atoms with Gasteiger partial charge in [0.25, 0.3) is 0 Å². The lowest BCUT2D eigenvalue weighted by molar-refractivity contribution is -0.128. The molecule has 0 aliphatic carbocycles. The Hall–Kier alpha value is -3.03. The molecule has 154 valence electrons. The van der Waals surface area contributed by atoms with Crippen LogP contribution in [-0.2, 0) is 15.1 Å². The third-order valence-corrected chi connectivity index (χ3v) is 5.72. The number of fused-ring (bicyclic) bond motifs is 1. The van der Waals surface area contributed by atoms with Gasteiger partial charge in [-0.2, -0.15) is 5.26 Å². The van der Waals surface area contributed by atoms with Crippen LogP contribution in [0.4, 0.5) is 0 Å². The van der Waals surface area contributed by atoms with Crippen molar-refractivity contribution in [3.8, 4) is 6.07 Å². The van der Waals surface area contributed by atoms with Gasteiger partial charge in [0.1, 0.15) is 11.6 Å². The molecule has 0 saturated carbocycles. The average Bonchev–Trinajstić information content (AvgIpc) is 3.25. The Bertz CT molecular complexity index is 1230. The molecule has 1 aromatic heterocycles. The lowest BCUT2D eigenvalue weighted by Gasteiger charge is -2.26. The summed E-state index contributed by atoms with van der Waals surface area (Å²) in [5.74, 6) is -0.0482. The maximum Gasteiger partial charge on any atom is 0.225 e. The third kappa shape index (κ3) is 3.40. The van der Waals surface area contributed by atoms with Crippen molar-refractivity contribution < 1.29 is 9.53 Å². The number of carbonyl (C=O) groups excluding carboxylic acids is 1. The maximum atomic E-state index is 13.2. The molecular weight excluding hydrogens is 396 g/mol. The number of nitrogens with zero attached hydrogens (tertiary/aromatic N) is 1. The van der Waals surface area contributed by atoms with Gasteiger partial charge in [-0.3, -0.25) is 4.79 Å².